The highest BCUT2D eigenvalue weighted by Gasteiger charge is 2.20. The lowest BCUT2D eigenvalue weighted by Gasteiger charge is -2.14. The average Bonchev–Trinajstić information content (AvgIpc) is 3.13. The van der Waals surface area contributed by atoms with Crippen LogP contribution in [0.1, 0.15) is 34.0 Å². The zero-order valence-electron chi connectivity index (χ0n) is 17.2. The Balaban J connectivity index is 1.52. The van der Waals surface area contributed by atoms with E-state index in [1.807, 2.05) is 0 Å². The van der Waals surface area contributed by atoms with Crippen molar-refractivity contribution in [3.8, 4) is 11.1 Å². The van der Waals surface area contributed by atoms with E-state index in [4.69, 9.17) is 5.73 Å². The van der Waals surface area contributed by atoms with Gasteiger partial charge >= 0.3 is 0 Å². The number of aryl methyl sites for hydroxylation is 1. The van der Waals surface area contributed by atoms with Gasteiger partial charge in [0.05, 0.1) is 11.7 Å². The van der Waals surface area contributed by atoms with Crippen molar-refractivity contribution < 1.29 is 18.7 Å². The summed E-state index contributed by atoms with van der Waals surface area (Å²) in [6, 6.07) is 12.4. The molecule has 0 radical (unpaired) electrons. The van der Waals surface area contributed by atoms with Gasteiger partial charge in [0.15, 0.2) is 5.65 Å². The van der Waals surface area contributed by atoms with Crippen LogP contribution in [0.25, 0.3) is 16.8 Å². The van der Waals surface area contributed by atoms with Gasteiger partial charge in [-0.1, -0.05) is 30.3 Å². The van der Waals surface area contributed by atoms with Gasteiger partial charge in [-0.25, -0.2) is 13.3 Å². The first-order chi connectivity index (χ1) is 15.3. The van der Waals surface area contributed by atoms with Gasteiger partial charge in [0.25, 0.3) is 5.91 Å². The van der Waals surface area contributed by atoms with Gasteiger partial charge in [0.1, 0.15) is 11.6 Å². The first kappa shape index (κ1) is 21.4. The first-order valence-electron chi connectivity index (χ1n) is 9.97. The minimum absolute atomic E-state index is 0.0441. The second-order valence-corrected chi connectivity index (χ2v) is 7.39. The molecule has 7 nitrogen and oxygen atoms in total. The number of carbonyl (C=O) groups excluding carboxylic acids is 1. The summed E-state index contributed by atoms with van der Waals surface area (Å²) >= 11 is 0. The van der Waals surface area contributed by atoms with Crippen molar-refractivity contribution in [2.24, 2.45) is 0 Å². The topological polar surface area (TPSA) is 106 Å². The van der Waals surface area contributed by atoms with E-state index in [1.54, 1.807) is 43.5 Å². The molecule has 0 aliphatic carbocycles. The minimum atomic E-state index is -1.09. The number of nitrogens with zero attached hydrogens (tertiary/aromatic N) is 3. The van der Waals surface area contributed by atoms with E-state index in [-0.39, 0.29) is 35.6 Å². The molecule has 2 heterocycles. The van der Waals surface area contributed by atoms with Crippen molar-refractivity contribution in [2.45, 2.75) is 19.4 Å². The summed E-state index contributed by atoms with van der Waals surface area (Å²) in [5.74, 6) is -1.71. The predicted molar refractivity (Wildman–Crippen MR) is 116 cm³/mol. The second-order valence-electron chi connectivity index (χ2n) is 7.39. The van der Waals surface area contributed by atoms with Crippen molar-refractivity contribution >= 4 is 17.5 Å². The molecule has 0 aliphatic rings. The van der Waals surface area contributed by atoms with Gasteiger partial charge in [-0.3, -0.25) is 4.79 Å². The zero-order valence-corrected chi connectivity index (χ0v) is 17.2. The molecule has 0 saturated heterocycles. The number of benzene rings is 2. The largest absolute Gasteiger partial charge is 0.388 e. The van der Waals surface area contributed by atoms with E-state index < -0.39 is 23.6 Å². The molecule has 32 heavy (non-hydrogen) atoms. The van der Waals surface area contributed by atoms with E-state index >= 15 is 4.39 Å². The van der Waals surface area contributed by atoms with Crippen LogP contribution < -0.4 is 11.1 Å². The molecule has 2 aromatic heterocycles. The summed E-state index contributed by atoms with van der Waals surface area (Å²) in [4.78, 5) is 16.8. The molecule has 0 spiro atoms. The van der Waals surface area contributed by atoms with Crippen LogP contribution in [0.2, 0.25) is 0 Å². The number of pyridine rings is 1. The Labute approximate surface area is 182 Å². The molecule has 164 valence electrons. The van der Waals surface area contributed by atoms with Crippen LogP contribution >= 0.6 is 0 Å². The molecule has 0 fully saturated rings. The SMILES string of the molecule is Cc1ccc(-c2ccn3nc(N)nc3c2)c(F)c1C(=O)NCC[C@H](O)c1ccccc1F. The van der Waals surface area contributed by atoms with Crippen LogP contribution in [0.5, 0.6) is 0 Å². The lowest BCUT2D eigenvalue weighted by Crippen LogP contribution is -2.27. The van der Waals surface area contributed by atoms with Crippen LogP contribution in [0.4, 0.5) is 14.7 Å². The highest BCUT2D eigenvalue weighted by molar-refractivity contribution is 5.97. The van der Waals surface area contributed by atoms with Crippen molar-refractivity contribution in [1.29, 1.82) is 0 Å². The number of halogens is 2. The third-order valence-electron chi connectivity index (χ3n) is 5.21. The number of anilines is 1. The van der Waals surface area contributed by atoms with Crippen molar-refractivity contribution in [2.75, 3.05) is 12.3 Å². The molecule has 2 aromatic carbocycles. The number of nitrogens with one attached hydrogen (secondary N) is 1. The molecule has 0 saturated carbocycles. The van der Waals surface area contributed by atoms with Gasteiger partial charge < -0.3 is 16.2 Å². The summed E-state index contributed by atoms with van der Waals surface area (Å²) in [7, 11) is 0. The maximum Gasteiger partial charge on any atom is 0.254 e. The Hall–Kier alpha value is -3.85. The molecule has 4 N–H and O–H groups in total. The third-order valence-corrected chi connectivity index (χ3v) is 5.21. The number of aromatic nitrogens is 3. The van der Waals surface area contributed by atoms with Gasteiger partial charge in [-0.15, -0.1) is 5.10 Å². The van der Waals surface area contributed by atoms with Gasteiger partial charge in [-0.2, -0.15) is 4.98 Å². The van der Waals surface area contributed by atoms with E-state index in [9.17, 15) is 14.3 Å². The first-order valence-corrected chi connectivity index (χ1v) is 9.97. The van der Waals surface area contributed by atoms with Gasteiger partial charge in [0, 0.05) is 23.9 Å². The van der Waals surface area contributed by atoms with E-state index in [1.165, 1.54) is 22.7 Å². The quantitative estimate of drug-likeness (QED) is 0.429. The highest BCUT2D eigenvalue weighted by atomic mass is 19.1. The monoisotopic (exact) mass is 437 g/mol. The number of rotatable bonds is 6. The Morgan fingerprint density at radius 1 is 1.22 bits per heavy atom. The number of nitrogen functional groups attached to an aromatic ring is 1. The number of hydrogen-bond acceptors (Lipinski definition) is 5. The normalized spacial score (nSPS) is 12.1. The van der Waals surface area contributed by atoms with Crippen LogP contribution in [-0.2, 0) is 0 Å². The lowest BCUT2D eigenvalue weighted by atomic mass is 9.98. The van der Waals surface area contributed by atoms with Crippen LogP contribution in [0.15, 0.2) is 54.7 Å². The molecule has 0 bridgehead atoms. The summed E-state index contributed by atoms with van der Waals surface area (Å²) in [6.07, 6.45) is 0.603. The van der Waals surface area contributed by atoms with Gasteiger partial charge in [-0.05, 0) is 42.7 Å². The van der Waals surface area contributed by atoms with Crippen molar-refractivity contribution in [3.05, 3.63) is 83.1 Å². The second kappa shape index (κ2) is 8.72. The maximum absolute atomic E-state index is 15.4. The smallest absolute Gasteiger partial charge is 0.254 e. The number of fused-ring (bicyclic) bond motifs is 1. The molecule has 0 unspecified atom stereocenters. The van der Waals surface area contributed by atoms with Crippen LogP contribution in [-0.4, -0.2) is 32.2 Å². The molecular weight excluding hydrogens is 416 g/mol. The zero-order chi connectivity index (χ0) is 22.8. The molecular formula is C23H21F2N5O2. The predicted octanol–water partition coefficient (Wildman–Crippen LogP) is 3.42. The fraction of sp³-hybridized carbons (Fsp3) is 0.174. The highest BCUT2D eigenvalue weighted by Crippen LogP contribution is 2.28. The Morgan fingerprint density at radius 3 is 2.78 bits per heavy atom. The number of aliphatic hydroxyl groups excluding tert-OH is 1. The molecule has 9 heteroatoms. The number of nitrogens with two attached hydrogens (primary N) is 1. The number of amides is 1. The number of aliphatic hydroxyl groups is 1. The molecule has 1 amide bonds. The Kier molecular flexibility index (Phi) is 5.83. The number of hydrogen-bond donors (Lipinski definition) is 3. The van der Waals surface area contributed by atoms with E-state index in [0.29, 0.717) is 16.8 Å². The number of carbonyl (C=O) groups is 1. The molecule has 1 atom stereocenters. The van der Waals surface area contributed by atoms with Crippen LogP contribution in [0.3, 0.4) is 0 Å². The van der Waals surface area contributed by atoms with Crippen molar-refractivity contribution in [3.63, 3.8) is 0 Å². The van der Waals surface area contributed by atoms with Crippen LogP contribution in [0, 0.1) is 18.6 Å². The Bertz CT molecular complexity index is 1310. The maximum atomic E-state index is 15.4. The lowest BCUT2D eigenvalue weighted by molar-refractivity contribution is 0.0937. The fourth-order valence-corrected chi connectivity index (χ4v) is 3.55. The molecule has 0 aliphatic heterocycles. The summed E-state index contributed by atoms with van der Waals surface area (Å²) in [6.45, 7) is 1.68. The third kappa shape index (κ3) is 4.15. The standard InChI is InChI=1S/C23H21F2N5O2/c1-13-6-7-15(14-9-11-30-19(12-14)28-23(26)29-30)21(25)20(13)22(32)27-10-8-18(31)16-4-2-3-5-17(16)24/h2-7,9,11-12,18,31H,8,10H2,1H3,(H2,26,29)(H,27,32)/t18-/m0/s1. The average molecular weight is 437 g/mol. The molecule has 4 aromatic rings. The minimum Gasteiger partial charge on any atom is -0.388 e. The van der Waals surface area contributed by atoms with E-state index in [2.05, 4.69) is 15.4 Å². The summed E-state index contributed by atoms with van der Waals surface area (Å²) < 4.78 is 30.6. The summed E-state index contributed by atoms with van der Waals surface area (Å²) in [5.41, 5.74) is 7.32. The Morgan fingerprint density at radius 2 is 2.00 bits per heavy atom. The van der Waals surface area contributed by atoms with Crippen molar-refractivity contribution in [1.82, 2.24) is 19.9 Å². The fourth-order valence-electron chi connectivity index (χ4n) is 3.55. The van der Waals surface area contributed by atoms with E-state index in [0.717, 1.165) is 0 Å². The molecule has 4 rings (SSSR count). The summed E-state index contributed by atoms with van der Waals surface area (Å²) in [5, 5.41) is 16.8. The van der Waals surface area contributed by atoms with Gasteiger partial charge in [0.2, 0.25) is 5.95 Å².